The Morgan fingerprint density at radius 1 is 1.11 bits per heavy atom. The second-order valence-electron chi connectivity index (χ2n) is 3.78. The number of phenols is 1. The molecule has 0 bridgehead atoms. The summed E-state index contributed by atoms with van der Waals surface area (Å²) >= 11 is 6.55. The van der Waals surface area contributed by atoms with Gasteiger partial charge in [-0.1, -0.05) is 31.9 Å². The number of rotatable bonds is 2. The van der Waals surface area contributed by atoms with Gasteiger partial charge in [0.05, 0.1) is 5.69 Å². The summed E-state index contributed by atoms with van der Waals surface area (Å²) in [5.41, 5.74) is 0.396. The van der Waals surface area contributed by atoms with Gasteiger partial charge in [-0.3, -0.25) is 4.79 Å². The van der Waals surface area contributed by atoms with Gasteiger partial charge in [0.25, 0.3) is 5.91 Å². The van der Waals surface area contributed by atoms with Gasteiger partial charge in [-0.25, -0.2) is 4.39 Å². The molecule has 0 aliphatic heterocycles. The Kier molecular flexibility index (Phi) is 4.21. The minimum absolute atomic E-state index is 0.0129. The molecule has 19 heavy (non-hydrogen) atoms. The lowest BCUT2D eigenvalue weighted by molar-refractivity contribution is 0.102. The van der Waals surface area contributed by atoms with E-state index in [-0.39, 0.29) is 11.4 Å². The fraction of sp³-hybridized carbons (Fsp3) is 0. The first-order valence-corrected chi connectivity index (χ1v) is 6.80. The number of phenolic OH excluding ortho intramolecular Hbond substituents is 1. The van der Waals surface area contributed by atoms with Crippen molar-refractivity contribution in [3.63, 3.8) is 0 Å². The summed E-state index contributed by atoms with van der Waals surface area (Å²) in [7, 11) is 0. The molecule has 2 aromatic carbocycles. The van der Waals surface area contributed by atoms with Gasteiger partial charge in [0, 0.05) is 20.6 Å². The third kappa shape index (κ3) is 3.54. The Labute approximate surface area is 125 Å². The average Bonchev–Trinajstić information content (AvgIpc) is 2.31. The minimum atomic E-state index is -0.692. The first-order chi connectivity index (χ1) is 8.95. The topological polar surface area (TPSA) is 49.3 Å². The number of benzene rings is 2. The molecule has 2 rings (SSSR count). The molecule has 0 heterocycles. The summed E-state index contributed by atoms with van der Waals surface area (Å²) in [6, 6.07) is 8.58. The highest BCUT2D eigenvalue weighted by atomic mass is 79.9. The van der Waals surface area contributed by atoms with Crippen molar-refractivity contribution >= 4 is 43.5 Å². The van der Waals surface area contributed by atoms with E-state index in [0.717, 1.165) is 15.0 Å². The molecule has 0 saturated heterocycles. The minimum Gasteiger partial charge on any atom is -0.508 e. The molecule has 0 atom stereocenters. The molecule has 2 N–H and O–H groups in total. The highest BCUT2D eigenvalue weighted by Crippen LogP contribution is 2.23. The van der Waals surface area contributed by atoms with Crippen LogP contribution in [0.15, 0.2) is 45.3 Å². The number of amides is 1. The van der Waals surface area contributed by atoms with Crippen LogP contribution in [-0.2, 0) is 0 Å². The fourth-order valence-corrected chi connectivity index (χ4v) is 2.78. The van der Waals surface area contributed by atoms with Gasteiger partial charge in [0.1, 0.15) is 11.6 Å². The van der Waals surface area contributed by atoms with Crippen LogP contribution < -0.4 is 5.32 Å². The molecule has 0 aliphatic carbocycles. The van der Waals surface area contributed by atoms with E-state index in [1.165, 1.54) is 12.1 Å². The summed E-state index contributed by atoms with van der Waals surface area (Å²) in [5.74, 6) is -1.32. The summed E-state index contributed by atoms with van der Waals surface area (Å²) in [5, 5.41) is 11.5. The van der Waals surface area contributed by atoms with E-state index in [2.05, 4.69) is 37.2 Å². The van der Waals surface area contributed by atoms with Crippen molar-refractivity contribution in [2.75, 3.05) is 5.32 Å². The van der Waals surface area contributed by atoms with E-state index in [9.17, 15) is 9.18 Å². The molecule has 0 aliphatic rings. The van der Waals surface area contributed by atoms with Gasteiger partial charge in [-0.2, -0.15) is 0 Å². The normalized spacial score (nSPS) is 10.3. The first kappa shape index (κ1) is 14.0. The predicted molar refractivity (Wildman–Crippen MR) is 77.9 cm³/mol. The highest BCUT2D eigenvalue weighted by Gasteiger charge is 2.11. The Morgan fingerprint density at radius 3 is 2.32 bits per heavy atom. The van der Waals surface area contributed by atoms with Gasteiger partial charge in [0.15, 0.2) is 0 Å². The molecule has 0 saturated carbocycles. The molecule has 0 radical (unpaired) electrons. The summed E-state index contributed by atoms with van der Waals surface area (Å²) in [6.45, 7) is 0. The number of hydrogen-bond donors (Lipinski definition) is 2. The van der Waals surface area contributed by atoms with E-state index in [1.807, 2.05) is 0 Å². The number of aromatic hydroxyl groups is 1. The van der Waals surface area contributed by atoms with Gasteiger partial charge in [-0.05, 0) is 30.3 Å². The molecule has 0 fully saturated rings. The zero-order valence-corrected chi connectivity index (χ0v) is 12.6. The monoisotopic (exact) mass is 387 g/mol. The average molecular weight is 389 g/mol. The number of nitrogens with one attached hydrogen (secondary N) is 1. The predicted octanol–water partition coefficient (Wildman–Crippen LogP) is 4.31. The fourth-order valence-electron chi connectivity index (χ4n) is 1.48. The van der Waals surface area contributed by atoms with Crippen LogP contribution in [0.3, 0.4) is 0 Å². The summed E-state index contributed by atoms with van der Waals surface area (Å²) < 4.78 is 15.0. The Hall–Kier alpha value is -1.40. The van der Waals surface area contributed by atoms with Crippen LogP contribution in [0.1, 0.15) is 10.4 Å². The number of hydrogen-bond acceptors (Lipinski definition) is 2. The van der Waals surface area contributed by atoms with E-state index in [1.54, 1.807) is 18.2 Å². The number of carbonyl (C=O) groups excluding carboxylic acids is 1. The maximum absolute atomic E-state index is 13.5. The van der Waals surface area contributed by atoms with Crippen molar-refractivity contribution in [3.8, 4) is 5.75 Å². The van der Waals surface area contributed by atoms with E-state index >= 15 is 0 Å². The molecule has 6 heteroatoms. The van der Waals surface area contributed by atoms with Gasteiger partial charge < -0.3 is 10.4 Å². The standard InChI is InChI=1S/C13H8Br2FNO2/c14-8-3-7(4-9(15)5-8)13(19)17-12-2-1-10(18)6-11(12)16/h1-6,18H,(H,17,19). The van der Waals surface area contributed by atoms with Crippen LogP contribution >= 0.6 is 31.9 Å². The highest BCUT2D eigenvalue weighted by molar-refractivity contribution is 9.11. The first-order valence-electron chi connectivity index (χ1n) is 5.21. The van der Waals surface area contributed by atoms with Crippen molar-refractivity contribution in [2.45, 2.75) is 0 Å². The van der Waals surface area contributed by atoms with Crippen molar-refractivity contribution in [1.82, 2.24) is 0 Å². The lowest BCUT2D eigenvalue weighted by atomic mass is 10.2. The summed E-state index contributed by atoms with van der Waals surface area (Å²) in [4.78, 5) is 12.0. The Balaban J connectivity index is 2.25. The Bertz CT molecular complexity index is 626. The lowest BCUT2D eigenvalue weighted by Crippen LogP contribution is -2.13. The van der Waals surface area contributed by atoms with Crippen LogP contribution in [0.4, 0.5) is 10.1 Å². The molecular weight excluding hydrogens is 381 g/mol. The van der Waals surface area contributed by atoms with Crippen LogP contribution in [0, 0.1) is 5.82 Å². The van der Waals surface area contributed by atoms with Crippen LogP contribution in [-0.4, -0.2) is 11.0 Å². The third-order valence-corrected chi connectivity index (χ3v) is 3.24. The largest absolute Gasteiger partial charge is 0.508 e. The van der Waals surface area contributed by atoms with Crippen molar-refractivity contribution in [3.05, 3.63) is 56.7 Å². The number of halogens is 3. The van der Waals surface area contributed by atoms with Crippen LogP contribution in [0.25, 0.3) is 0 Å². The molecule has 0 aromatic heterocycles. The van der Waals surface area contributed by atoms with E-state index < -0.39 is 11.7 Å². The number of anilines is 1. The second kappa shape index (κ2) is 5.71. The molecule has 98 valence electrons. The molecular formula is C13H8Br2FNO2. The smallest absolute Gasteiger partial charge is 0.255 e. The zero-order chi connectivity index (χ0) is 14.0. The van der Waals surface area contributed by atoms with Gasteiger partial charge in [0.2, 0.25) is 0 Å². The Morgan fingerprint density at radius 2 is 1.74 bits per heavy atom. The molecule has 0 spiro atoms. The molecule has 0 unspecified atom stereocenters. The summed E-state index contributed by atoms with van der Waals surface area (Å²) in [6.07, 6.45) is 0. The van der Waals surface area contributed by atoms with E-state index in [4.69, 9.17) is 5.11 Å². The second-order valence-corrected chi connectivity index (χ2v) is 5.61. The maximum Gasteiger partial charge on any atom is 0.255 e. The van der Waals surface area contributed by atoms with E-state index in [0.29, 0.717) is 5.56 Å². The van der Waals surface area contributed by atoms with Crippen molar-refractivity contribution in [2.24, 2.45) is 0 Å². The SMILES string of the molecule is O=C(Nc1ccc(O)cc1F)c1cc(Br)cc(Br)c1. The molecule has 2 aromatic rings. The third-order valence-electron chi connectivity index (χ3n) is 2.33. The maximum atomic E-state index is 13.5. The van der Waals surface area contributed by atoms with Gasteiger partial charge >= 0.3 is 0 Å². The van der Waals surface area contributed by atoms with Crippen LogP contribution in [0.5, 0.6) is 5.75 Å². The van der Waals surface area contributed by atoms with Crippen molar-refractivity contribution < 1.29 is 14.3 Å². The van der Waals surface area contributed by atoms with Crippen LogP contribution in [0.2, 0.25) is 0 Å². The van der Waals surface area contributed by atoms with Gasteiger partial charge in [-0.15, -0.1) is 0 Å². The zero-order valence-electron chi connectivity index (χ0n) is 9.45. The quantitative estimate of drug-likeness (QED) is 0.753. The van der Waals surface area contributed by atoms with Crippen molar-refractivity contribution in [1.29, 1.82) is 0 Å². The molecule has 1 amide bonds. The molecule has 3 nitrogen and oxygen atoms in total. The lowest BCUT2D eigenvalue weighted by Gasteiger charge is -2.07. The number of carbonyl (C=O) groups is 1.